The standard InChI is InChI=1S/C10H10ClN3S3/c1-15-9-13-14-10(17-9)16-8-3-2-7(11)4-6(8)5-12/h2-4H,5,12H2,1H3. The van der Waals surface area contributed by atoms with E-state index >= 15 is 0 Å². The molecule has 2 aromatic rings. The fourth-order valence-electron chi connectivity index (χ4n) is 1.22. The van der Waals surface area contributed by atoms with Crippen molar-refractivity contribution in [3.63, 3.8) is 0 Å². The molecule has 17 heavy (non-hydrogen) atoms. The van der Waals surface area contributed by atoms with Gasteiger partial charge < -0.3 is 5.73 Å². The van der Waals surface area contributed by atoms with Gasteiger partial charge in [0.05, 0.1) is 0 Å². The number of benzene rings is 1. The largest absolute Gasteiger partial charge is 0.326 e. The highest BCUT2D eigenvalue weighted by Gasteiger charge is 2.08. The van der Waals surface area contributed by atoms with Gasteiger partial charge in [-0.1, -0.05) is 46.5 Å². The number of rotatable bonds is 4. The maximum atomic E-state index is 5.93. The summed E-state index contributed by atoms with van der Waals surface area (Å²) in [4.78, 5) is 1.08. The van der Waals surface area contributed by atoms with Gasteiger partial charge in [0.15, 0.2) is 8.68 Å². The van der Waals surface area contributed by atoms with Crippen LogP contribution in [0.5, 0.6) is 0 Å². The minimum atomic E-state index is 0.469. The maximum absolute atomic E-state index is 5.93. The molecule has 2 N–H and O–H groups in total. The van der Waals surface area contributed by atoms with Crippen molar-refractivity contribution in [2.75, 3.05) is 6.26 Å². The molecule has 0 radical (unpaired) electrons. The van der Waals surface area contributed by atoms with Crippen LogP contribution < -0.4 is 5.73 Å². The predicted octanol–water partition coefficient (Wildman–Crippen LogP) is 3.52. The molecule has 1 heterocycles. The quantitative estimate of drug-likeness (QED) is 0.876. The Balaban J connectivity index is 2.23. The minimum Gasteiger partial charge on any atom is -0.326 e. The van der Waals surface area contributed by atoms with E-state index in [2.05, 4.69) is 10.2 Å². The lowest BCUT2D eigenvalue weighted by atomic mass is 10.2. The van der Waals surface area contributed by atoms with Gasteiger partial charge in [0.2, 0.25) is 0 Å². The molecule has 1 aromatic heterocycles. The second-order valence-corrected chi connectivity index (χ2v) is 6.85. The van der Waals surface area contributed by atoms with Crippen LogP contribution in [0.2, 0.25) is 5.02 Å². The van der Waals surface area contributed by atoms with Crippen molar-refractivity contribution in [1.29, 1.82) is 0 Å². The highest BCUT2D eigenvalue weighted by atomic mass is 35.5. The number of nitrogens with two attached hydrogens (primary N) is 1. The van der Waals surface area contributed by atoms with Gasteiger partial charge >= 0.3 is 0 Å². The average Bonchev–Trinajstić information content (AvgIpc) is 2.79. The molecule has 0 atom stereocenters. The molecule has 0 aliphatic carbocycles. The Labute approximate surface area is 117 Å². The normalized spacial score (nSPS) is 10.8. The van der Waals surface area contributed by atoms with Crippen molar-refractivity contribution in [3.05, 3.63) is 28.8 Å². The van der Waals surface area contributed by atoms with Gasteiger partial charge in [0.25, 0.3) is 0 Å². The first-order valence-electron chi connectivity index (χ1n) is 4.76. The zero-order valence-electron chi connectivity index (χ0n) is 9.01. The molecule has 0 saturated heterocycles. The van der Waals surface area contributed by atoms with Gasteiger partial charge in [-0.05, 0) is 30.0 Å². The minimum absolute atomic E-state index is 0.469. The van der Waals surface area contributed by atoms with Crippen LogP contribution in [0, 0.1) is 0 Å². The monoisotopic (exact) mass is 303 g/mol. The number of aromatic nitrogens is 2. The summed E-state index contributed by atoms with van der Waals surface area (Å²) < 4.78 is 1.89. The van der Waals surface area contributed by atoms with Crippen LogP contribution in [0.3, 0.4) is 0 Å². The van der Waals surface area contributed by atoms with Gasteiger partial charge in [-0.15, -0.1) is 10.2 Å². The molecule has 7 heteroatoms. The molecule has 3 nitrogen and oxygen atoms in total. The van der Waals surface area contributed by atoms with Crippen LogP contribution in [-0.4, -0.2) is 16.5 Å². The Morgan fingerprint density at radius 2 is 2.12 bits per heavy atom. The first-order chi connectivity index (χ1) is 8.22. The summed E-state index contributed by atoms with van der Waals surface area (Å²) in [5, 5.41) is 8.88. The van der Waals surface area contributed by atoms with E-state index in [1.54, 1.807) is 34.9 Å². The van der Waals surface area contributed by atoms with Gasteiger partial charge in [-0.3, -0.25) is 0 Å². The number of thioether (sulfide) groups is 1. The molecule has 0 bridgehead atoms. The fraction of sp³-hybridized carbons (Fsp3) is 0.200. The van der Waals surface area contributed by atoms with Crippen LogP contribution in [-0.2, 0) is 6.54 Å². The first-order valence-corrected chi connectivity index (χ1v) is 8.00. The summed E-state index contributed by atoms with van der Waals surface area (Å²) in [6.45, 7) is 0.469. The van der Waals surface area contributed by atoms with Crippen molar-refractivity contribution in [3.8, 4) is 0 Å². The predicted molar refractivity (Wildman–Crippen MR) is 75.2 cm³/mol. The lowest BCUT2D eigenvalue weighted by molar-refractivity contribution is 0.953. The number of nitrogens with zero attached hydrogens (tertiary/aromatic N) is 2. The summed E-state index contributed by atoms with van der Waals surface area (Å²) in [6.07, 6.45) is 1.99. The molecule has 0 unspecified atom stereocenters. The zero-order valence-corrected chi connectivity index (χ0v) is 12.2. The molecule has 0 aliphatic rings. The van der Waals surface area contributed by atoms with Gasteiger partial charge in [-0.2, -0.15) is 0 Å². The topological polar surface area (TPSA) is 51.8 Å². The summed E-state index contributed by atoms with van der Waals surface area (Å²) in [5.74, 6) is 0. The molecule has 90 valence electrons. The summed E-state index contributed by atoms with van der Waals surface area (Å²) >= 11 is 10.7. The summed E-state index contributed by atoms with van der Waals surface area (Å²) in [5.41, 5.74) is 6.73. The van der Waals surface area contributed by atoms with E-state index in [0.29, 0.717) is 11.6 Å². The van der Waals surface area contributed by atoms with Gasteiger partial charge in [0, 0.05) is 16.5 Å². The van der Waals surface area contributed by atoms with Crippen LogP contribution >= 0.6 is 46.5 Å². The second-order valence-electron chi connectivity index (χ2n) is 3.10. The molecule has 0 amide bonds. The summed E-state index contributed by atoms with van der Waals surface area (Å²) in [6, 6.07) is 5.72. The number of halogens is 1. The number of hydrogen-bond acceptors (Lipinski definition) is 6. The van der Waals surface area contributed by atoms with Crippen molar-refractivity contribution < 1.29 is 0 Å². The van der Waals surface area contributed by atoms with Crippen LogP contribution in [0.15, 0.2) is 31.8 Å². The number of hydrogen-bond donors (Lipinski definition) is 1. The molecule has 0 spiro atoms. The molecule has 0 saturated carbocycles. The zero-order chi connectivity index (χ0) is 12.3. The molecule has 2 rings (SSSR count). The molecule has 0 fully saturated rings. The SMILES string of the molecule is CSc1nnc(Sc2ccc(Cl)cc2CN)s1. The molecule has 1 aromatic carbocycles. The average molecular weight is 304 g/mol. The van der Waals surface area contributed by atoms with E-state index in [9.17, 15) is 0 Å². The Kier molecular flexibility index (Phi) is 4.69. The smallest absolute Gasteiger partial charge is 0.179 e. The van der Waals surface area contributed by atoms with Crippen molar-refractivity contribution in [2.24, 2.45) is 5.73 Å². The highest BCUT2D eigenvalue weighted by Crippen LogP contribution is 2.35. The van der Waals surface area contributed by atoms with E-state index in [0.717, 1.165) is 19.1 Å². The van der Waals surface area contributed by atoms with E-state index in [4.69, 9.17) is 17.3 Å². The lowest BCUT2D eigenvalue weighted by Crippen LogP contribution is -1.98. The molecular formula is C10H10ClN3S3. The van der Waals surface area contributed by atoms with E-state index < -0.39 is 0 Å². The Morgan fingerprint density at radius 1 is 1.35 bits per heavy atom. The molecule has 0 aliphatic heterocycles. The van der Waals surface area contributed by atoms with Crippen molar-refractivity contribution in [2.45, 2.75) is 20.1 Å². The fourth-order valence-corrected chi connectivity index (χ4v) is 3.93. The van der Waals surface area contributed by atoms with E-state index in [1.807, 2.05) is 24.5 Å². The third-order valence-corrected chi connectivity index (χ3v) is 5.31. The third-order valence-electron chi connectivity index (χ3n) is 2.00. The summed E-state index contributed by atoms with van der Waals surface area (Å²) in [7, 11) is 0. The van der Waals surface area contributed by atoms with E-state index in [-0.39, 0.29) is 0 Å². The third kappa shape index (κ3) is 3.35. The Morgan fingerprint density at radius 3 is 2.76 bits per heavy atom. The van der Waals surface area contributed by atoms with Crippen LogP contribution in [0.1, 0.15) is 5.56 Å². The van der Waals surface area contributed by atoms with Crippen LogP contribution in [0.25, 0.3) is 0 Å². The Bertz CT molecular complexity index is 515. The van der Waals surface area contributed by atoms with Crippen molar-refractivity contribution in [1.82, 2.24) is 10.2 Å². The van der Waals surface area contributed by atoms with Gasteiger partial charge in [0.1, 0.15) is 0 Å². The van der Waals surface area contributed by atoms with Gasteiger partial charge in [-0.25, -0.2) is 0 Å². The second kappa shape index (κ2) is 6.06. The van der Waals surface area contributed by atoms with E-state index in [1.165, 1.54) is 0 Å². The van der Waals surface area contributed by atoms with Crippen molar-refractivity contribution >= 4 is 46.5 Å². The Hall–Kier alpha value is -0.270. The first kappa shape index (κ1) is 13.2. The maximum Gasteiger partial charge on any atom is 0.179 e. The highest BCUT2D eigenvalue weighted by molar-refractivity contribution is 8.03. The molecular weight excluding hydrogens is 294 g/mol. The lowest BCUT2D eigenvalue weighted by Gasteiger charge is -2.05. The van der Waals surface area contributed by atoms with Crippen LogP contribution in [0.4, 0.5) is 0 Å².